The van der Waals surface area contributed by atoms with Gasteiger partial charge in [-0.3, -0.25) is 0 Å². The highest BCUT2D eigenvalue weighted by Crippen LogP contribution is 2.06. The molecule has 116 valence electrons. The number of methoxy groups -OCH3 is 1. The van der Waals surface area contributed by atoms with Crippen molar-refractivity contribution in [2.45, 2.75) is 32.8 Å². The Bertz CT molecular complexity index is 188. The second kappa shape index (κ2) is 12.8. The number of hydrogen-bond donors (Lipinski definition) is 1. The SMILES string of the molecule is CCCNCC(C)(C)OCCOCCOCCOC. The maximum absolute atomic E-state index is 5.77. The number of rotatable bonds is 14. The molecule has 0 bridgehead atoms. The van der Waals surface area contributed by atoms with Gasteiger partial charge in [-0.05, 0) is 26.8 Å². The minimum absolute atomic E-state index is 0.145. The third kappa shape index (κ3) is 14.0. The lowest BCUT2D eigenvalue weighted by molar-refractivity contribution is -0.0520. The first-order valence-corrected chi connectivity index (χ1v) is 7.11. The first-order valence-electron chi connectivity index (χ1n) is 7.11. The van der Waals surface area contributed by atoms with Gasteiger partial charge in [-0.2, -0.15) is 0 Å². The van der Waals surface area contributed by atoms with E-state index in [1.54, 1.807) is 7.11 Å². The fourth-order valence-corrected chi connectivity index (χ4v) is 1.46. The molecular formula is C14H31NO4. The Balaban J connectivity index is 3.27. The van der Waals surface area contributed by atoms with Crippen LogP contribution in [0.3, 0.4) is 0 Å². The largest absolute Gasteiger partial charge is 0.382 e. The molecule has 0 spiro atoms. The highest BCUT2D eigenvalue weighted by molar-refractivity contribution is 4.71. The molecule has 0 saturated heterocycles. The molecule has 0 radical (unpaired) electrons. The van der Waals surface area contributed by atoms with E-state index in [0.29, 0.717) is 39.6 Å². The van der Waals surface area contributed by atoms with Crippen LogP contribution in [0.5, 0.6) is 0 Å². The van der Waals surface area contributed by atoms with Crippen LogP contribution in [0.1, 0.15) is 27.2 Å². The molecule has 5 nitrogen and oxygen atoms in total. The van der Waals surface area contributed by atoms with Gasteiger partial charge in [0, 0.05) is 13.7 Å². The minimum Gasteiger partial charge on any atom is -0.382 e. The van der Waals surface area contributed by atoms with Gasteiger partial charge in [0.05, 0.1) is 45.2 Å². The van der Waals surface area contributed by atoms with Crippen LogP contribution < -0.4 is 5.32 Å². The number of ether oxygens (including phenoxy) is 4. The van der Waals surface area contributed by atoms with Crippen LogP contribution >= 0.6 is 0 Å². The zero-order valence-electron chi connectivity index (χ0n) is 13.0. The normalized spacial score (nSPS) is 12.0. The summed E-state index contributed by atoms with van der Waals surface area (Å²) in [5.41, 5.74) is -0.145. The van der Waals surface area contributed by atoms with E-state index in [9.17, 15) is 0 Å². The zero-order chi connectivity index (χ0) is 14.4. The van der Waals surface area contributed by atoms with Crippen LogP contribution in [-0.4, -0.2) is 65.4 Å². The van der Waals surface area contributed by atoms with E-state index in [2.05, 4.69) is 26.1 Å². The quantitative estimate of drug-likeness (QED) is 0.487. The first kappa shape index (κ1) is 18.8. The number of hydrogen-bond acceptors (Lipinski definition) is 5. The molecule has 0 aromatic carbocycles. The molecule has 0 aliphatic heterocycles. The van der Waals surface area contributed by atoms with Crippen molar-refractivity contribution in [1.82, 2.24) is 5.32 Å². The fraction of sp³-hybridized carbons (Fsp3) is 1.00. The molecule has 0 rings (SSSR count). The monoisotopic (exact) mass is 277 g/mol. The Labute approximate surface area is 117 Å². The van der Waals surface area contributed by atoms with E-state index in [0.717, 1.165) is 19.5 Å². The fourth-order valence-electron chi connectivity index (χ4n) is 1.46. The predicted octanol–water partition coefficient (Wildman–Crippen LogP) is 1.46. The molecule has 0 unspecified atom stereocenters. The molecule has 0 aromatic heterocycles. The minimum atomic E-state index is -0.145. The lowest BCUT2D eigenvalue weighted by Crippen LogP contribution is -2.38. The van der Waals surface area contributed by atoms with Gasteiger partial charge in [-0.1, -0.05) is 6.92 Å². The molecule has 0 saturated carbocycles. The van der Waals surface area contributed by atoms with Crippen molar-refractivity contribution in [3.8, 4) is 0 Å². The van der Waals surface area contributed by atoms with Gasteiger partial charge in [0.2, 0.25) is 0 Å². The summed E-state index contributed by atoms with van der Waals surface area (Å²) in [6, 6.07) is 0. The molecule has 5 heteroatoms. The Morgan fingerprint density at radius 2 is 1.47 bits per heavy atom. The average Bonchev–Trinajstić information content (AvgIpc) is 2.37. The molecule has 0 aromatic rings. The maximum atomic E-state index is 5.77. The Morgan fingerprint density at radius 3 is 2.05 bits per heavy atom. The second-order valence-corrected chi connectivity index (χ2v) is 5.00. The maximum Gasteiger partial charge on any atom is 0.0751 e. The second-order valence-electron chi connectivity index (χ2n) is 5.00. The summed E-state index contributed by atoms with van der Waals surface area (Å²) in [4.78, 5) is 0. The highest BCUT2D eigenvalue weighted by Gasteiger charge is 2.17. The molecule has 0 aliphatic rings. The van der Waals surface area contributed by atoms with Crippen molar-refractivity contribution in [1.29, 1.82) is 0 Å². The lowest BCUT2D eigenvalue weighted by Gasteiger charge is -2.25. The van der Waals surface area contributed by atoms with Gasteiger partial charge in [0.15, 0.2) is 0 Å². The van der Waals surface area contributed by atoms with Crippen molar-refractivity contribution in [3.63, 3.8) is 0 Å². The summed E-state index contributed by atoms with van der Waals surface area (Å²) >= 11 is 0. The van der Waals surface area contributed by atoms with E-state index < -0.39 is 0 Å². The van der Waals surface area contributed by atoms with Gasteiger partial charge in [0.25, 0.3) is 0 Å². The molecule has 0 amide bonds. The molecule has 1 N–H and O–H groups in total. The van der Waals surface area contributed by atoms with Gasteiger partial charge in [0.1, 0.15) is 0 Å². The highest BCUT2D eigenvalue weighted by atomic mass is 16.6. The van der Waals surface area contributed by atoms with Gasteiger partial charge in [-0.25, -0.2) is 0 Å². The Kier molecular flexibility index (Phi) is 12.7. The number of nitrogens with one attached hydrogen (secondary N) is 1. The third-order valence-electron chi connectivity index (χ3n) is 2.50. The summed E-state index contributed by atoms with van der Waals surface area (Å²) in [5.74, 6) is 0. The summed E-state index contributed by atoms with van der Waals surface area (Å²) in [5, 5.41) is 3.36. The zero-order valence-corrected chi connectivity index (χ0v) is 13.0. The van der Waals surface area contributed by atoms with Gasteiger partial charge >= 0.3 is 0 Å². The molecule has 19 heavy (non-hydrogen) atoms. The van der Waals surface area contributed by atoms with Crippen LogP contribution in [0.2, 0.25) is 0 Å². The van der Waals surface area contributed by atoms with Crippen LogP contribution in [-0.2, 0) is 18.9 Å². The van der Waals surface area contributed by atoms with Crippen molar-refractivity contribution >= 4 is 0 Å². The van der Waals surface area contributed by atoms with Crippen LogP contribution in [0.15, 0.2) is 0 Å². The van der Waals surface area contributed by atoms with E-state index in [-0.39, 0.29) is 5.60 Å². The Morgan fingerprint density at radius 1 is 0.895 bits per heavy atom. The topological polar surface area (TPSA) is 49.0 Å². The predicted molar refractivity (Wildman–Crippen MR) is 76.7 cm³/mol. The van der Waals surface area contributed by atoms with Crippen molar-refractivity contribution in [2.75, 3.05) is 59.8 Å². The van der Waals surface area contributed by atoms with Crippen molar-refractivity contribution < 1.29 is 18.9 Å². The summed E-state index contributed by atoms with van der Waals surface area (Å²) in [7, 11) is 1.66. The van der Waals surface area contributed by atoms with Crippen molar-refractivity contribution in [2.24, 2.45) is 0 Å². The van der Waals surface area contributed by atoms with Gasteiger partial charge in [-0.15, -0.1) is 0 Å². The standard InChI is InChI=1S/C14H31NO4/c1-5-6-15-13-14(2,3)19-12-11-18-10-9-17-8-7-16-4/h15H,5-13H2,1-4H3. The summed E-state index contributed by atoms with van der Waals surface area (Å²) in [6.45, 7) is 11.9. The van der Waals surface area contributed by atoms with Crippen LogP contribution in [0.25, 0.3) is 0 Å². The smallest absolute Gasteiger partial charge is 0.0751 e. The van der Waals surface area contributed by atoms with Gasteiger partial charge < -0.3 is 24.3 Å². The molecule has 0 atom stereocenters. The first-order chi connectivity index (χ1) is 9.12. The average molecular weight is 277 g/mol. The lowest BCUT2D eigenvalue weighted by atomic mass is 10.1. The molecular weight excluding hydrogens is 246 g/mol. The van der Waals surface area contributed by atoms with Crippen LogP contribution in [0, 0.1) is 0 Å². The summed E-state index contributed by atoms with van der Waals surface area (Å²) in [6.07, 6.45) is 1.14. The van der Waals surface area contributed by atoms with Crippen LogP contribution in [0.4, 0.5) is 0 Å². The summed E-state index contributed by atoms with van der Waals surface area (Å²) < 4.78 is 21.4. The Hall–Kier alpha value is -0.200. The van der Waals surface area contributed by atoms with E-state index in [4.69, 9.17) is 18.9 Å². The van der Waals surface area contributed by atoms with E-state index in [1.165, 1.54) is 0 Å². The van der Waals surface area contributed by atoms with E-state index in [1.807, 2.05) is 0 Å². The molecule has 0 fully saturated rings. The third-order valence-corrected chi connectivity index (χ3v) is 2.50. The van der Waals surface area contributed by atoms with E-state index >= 15 is 0 Å². The molecule has 0 heterocycles. The van der Waals surface area contributed by atoms with Crippen molar-refractivity contribution in [3.05, 3.63) is 0 Å². The molecule has 0 aliphatic carbocycles.